The third-order valence-corrected chi connectivity index (χ3v) is 6.65. The Bertz CT molecular complexity index is 78.6. The third kappa shape index (κ3) is 11.6. The Hall–Kier alpha value is 1.59. The maximum absolute atomic E-state index is 5.61. The van der Waals surface area contributed by atoms with E-state index in [4.69, 9.17) is 46.4 Å². The fourth-order valence-corrected chi connectivity index (χ4v) is 5.23. The van der Waals surface area contributed by atoms with Gasteiger partial charge in [0.2, 0.25) is 0 Å². The van der Waals surface area contributed by atoms with E-state index in [0.29, 0.717) is 0 Å². The molecule has 0 aliphatic rings. The van der Waals surface area contributed by atoms with Crippen LogP contribution in [0.15, 0.2) is 0 Å². The minimum absolute atomic E-state index is 0.0699. The molecule has 11 heavy (non-hydrogen) atoms. The molecule has 0 unspecified atom stereocenters. The first kappa shape index (κ1) is 12.6. The van der Waals surface area contributed by atoms with Crippen LogP contribution in [-0.4, -0.2) is 28.0 Å². The van der Waals surface area contributed by atoms with Crippen LogP contribution in [0.1, 0.15) is 6.42 Å². The van der Waals surface area contributed by atoms with E-state index in [9.17, 15) is 0 Å². The smallest absolute Gasteiger partial charge is 0.0908 e. The average molecular weight is 270 g/mol. The van der Waals surface area contributed by atoms with Crippen molar-refractivity contribution in [2.45, 2.75) is 27.4 Å². The van der Waals surface area contributed by atoms with Crippen LogP contribution in [0, 0.1) is 0 Å². The summed E-state index contributed by atoms with van der Waals surface area (Å²) in [6.07, 6.45) is 1.23. The van der Waals surface area contributed by atoms with Crippen LogP contribution in [0.25, 0.3) is 0 Å². The summed E-state index contributed by atoms with van der Waals surface area (Å²) < 4.78 is -0.140. The second kappa shape index (κ2) is 8.20. The van der Waals surface area contributed by atoms with E-state index in [0.717, 1.165) is 0 Å². The van der Waals surface area contributed by atoms with E-state index in [2.05, 4.69) is 0 Å². The van der Waals surface area contributed by atoms with E-state index in [-0.39, 0.29) is 28.0 Å². The highest BCUT2D eigenvalue weighted by Crippen LogP contribution is 2.08. The van der Waals surface area contributed by atoms with E-state index in [1.165, 1.54) is 18.5 Å². The Morgan fingerprint density at radius 3 is 1.45 bits per heavy atom. The highest BCUT2D eigenvalue weighted by Gasteiger charge is 2.01. The zero-order chi connectivity index (χ0) is 8.69. The van der Waals surface area contributed by atoms with Crippen LogP contribution in [0.4, 0.5) is 0 Å². The lowest BCUT2D eigenvalue weighted by molar-refractivity contribution is 1.06. The first-order valence-electron chi connectivity index (χ1n) is 3.69. The monoisotopic (exact) mass is 268 g/mol. The Labute approximate surface area is 92.6 Å². The fraction of sp³-hybridized carbons (Fsp3) is 1.00. The molecule has 0 heterocycles. The number of alkyl halides is 4. The summed E-state index contributed by atoms with van der Waals surface area (Å²) >= 11 is 22.4. The van der Waals surface area contributed by atoms with Crippen molar-refractivity contribution in [1.29, 1.82) is 0 Å². The Morgan fingerprint density at radius 1 is 0.818 bits per heavy atom. The molecule has 0 radical (unpaired) electrons. The van der Waals surface area contributed by atoms with Gasteiger partial charge >= 0.3 is 0 Å². The summed E-state index contributed by atoms with van der Waals surface area (Å²) in [5.41, 5.74) is 0. The Kier molecular flexibility index (Phi) is 9.39. The van der Waals surface area contributed by atoms with Crippen molar-refractivity contribution in [3.8, 4) is 0 Å². The second-order valence-electron chi connectivity index (χ2n) is 2.42. The van der Waals surface area contributed by atoms with Gasteiger partial charge in [-0.25, -0.2) is 0 Å². The highest BCUT2D eigenvalue weighted by atomic mass is 35.5. The van der Waals surface area contributed by atoms with Gasteiger partial charge in [0.15, 0.2) is 0 Å². The van der Waals surface area contributed by atoms with Gasteiger partial charge in [0.25, 0.3) is 0 Å². The largest absolute Gasteiger partial charge is 0.110 e. The van der Waals surface area contributed by atoms with Gasteiger partial charge in [-0.05, 0) is 0 Å². The van der Waals surface area contributed by atoms with Gasteiger partial charge in [-0.2, -0.15) is 0 Å². The minimum atomic E-state index is -0.232. The van der Waals surface area contributed by atoms with Crippen molar-refractivity contribution in [3.63, 3.8) is 0 Å². The van der Waals surface area contributed by atoms with Gasteiger partial charge in [-0.3, -0.25) is 0 Å². The first-order valence-corrected chi connectivity index (χ1v) is 9.07. The van der Waals surface area contributed by atoms with Crippen molar-refractivity contribution in [1.82, 2.24) is 0 Å². The van der Waals surface area contributed by atoms with Crippen molar-refractivity contribution < 1.29 is 0 Å². The molecule has 0 nitrogen and oxygen atoms in total. The molecular formula is C5H12Cl4Si2. The minimum Gasteiger partial charge on any atom is -0.110 e. The molecule has 0 rings (SSSR count). The average Bonchev–Trinajstić information content (AvgIpc) is 1.85. The van der Waals surface area contributed by atoms with Crippen LogP contribution in [0.2, 0.25) is 12.1 Å². The van der Waals surface area contributed by atoms with Crippen LogP contribution < -0.4 is 0 Å². The van der Waals surface area contributed by atoms with Crippen molar-refractivity contribution in [2.24, 2.45) is 0 Å². The molecule has 0 amide bonds. The Balaban J connectivity index is 2.91. The lowest BCUT2D eigenvalue weighted by atomic mass is 10.6. The molecule has 0 spiro atoms. The van der Waals surface area contributed by atoms with Crippen LogP contribution >= 0.6 is 46.4 Å². The molecule has 0 aliphatic heterocycles. The van der Waals surface area contributed by atoms with Gasteiger partial charge in [0, 0.05) is 0 Å². The normalized spacial score (nSPS) is 13.6. The van der Waals surface area contributed by atoms with Gasteiger partial charge in [-0.1, -0.05) is 18.5 Å². The van der Waals surface area contributed by atoms with E-state index < -0.39 is 0 Å². The Morgan fingerprint density at radius 2 is 1.18 bits per heavy atom. The number of hydrogen-bond donors (Lipinski definition) is 0. The predicted octanol–water partition coefficient (Wildman–Crippen LogP) is 2.07. The van der Waals surface area contributed by atoms with Crippen molar-refractivity contribution >= 4 is 65.4 Å². The van der Waals surface area contributed by atoms with E-state index in [1.54, 1.807) is 0 Å². The van der Waals surface area contributed by atoms with Gasteiger partial charge in [0.1, 0.15) is 0 Å². The molecule has 68 valence electrons. The summed E-state index contributed by atoms with van der Waals surface area (Å²) in [5.74, 6) is 0. The third-order valence-electron chi connectivity index (χ3n) is 1.34. The summed E-state index contributed by atoms with van der Waals surface area (Å²) in [4.78, 5) is 0. The summed E-state index contributed by atoms with van der Waals surface area (Å²) in [5, 5.41) is 0. The molecule has 0 atom stereocenters. The number of halogens is 4. The molecule has 0 aromatic rings. The quantitative estimate of drug-likeness (QED) is 0.394. The van der Waals surface area contributed by atoms with Gasteiger partial charge in [0.05, 0.1) is 28.0 Å². The van der Waals surface area contributed by atoms with Crippen LogP contribution in [0.5, 0.6) is 0 Å². The SMILES string of the molecule is ClC(Cl)[SiH2]CCC[SiH2]C(Cl)Cl. The lowest BCUT2D eigenvalue weighted by Gasteiger charge is -2.00. The van der Waals surface area contributed by atoms with E-state index >= 15 is 0 Å². The maximum Gasteiger partial charge on any atom is 0.0908 e. The lowest BCUT2D eigenvalue weighted by Crippen LogP contribution is -2.04. The highest BCUT2D eigenvalue weighted by molar-refractivity contribution is 6.69. The zero-order valence-electron chi connectivity index (χ0n) is 6.20. The molecule has 0 fully saturated rings. The maximum atomic E-state index is 5.61. The van der Waals surface area contributed by atoms with E-state index in [1.807, 2.05) is 0 Å². The van der Waals surface area contributed by atoms with Crippen LogP contribution in [0.3, 0.4) is 0 Å². The molecule has 0 aromatic carbocycles. The topological polar surface area (TPSA) is 0 Å². The van der Waals surface area contributed by atoms with Gasteiger partial charge < -0.3 is 0 Å². The van der Waals surface area contributed by atoms with Crippen molar-refractivity contribution in [2.75, 3.05) is 0 Å². The van der Waals surface area contributed by atoms with Crippen molar-refractivity contribution in [3.05, 3.63) is 0 Å². The molecule has 0 saturated carbocycles. The summed E-state index contributed by atoms with van der Waals surface area (Å²) in [7, 11) is -0.464. The summed E-state index contributed by atoms with van der Waals surface area (Å²) in [6.45, 7) is 0. The predicted molar refractivity (Wildman–Crippen MR) is 62.3 cm³/mol. The molecule has 0 aromatic heterocycles. The fourth-order valence-electron chi connectivity index (χ4n) is 0.774. The molecule has 0 saturated heterocycles. The molecular weight excluding hydrogens is 258 g/mol. The summed E-state index contributed by atoms with van der Waals surface area (Å²) in [6, 6.07) is 2.45. The molecule has 0 bridgehead atoms. The van der Waals surface area contributed by atoms with Crippen LogP contribution in [-0.2, 0) is 0 Å². The zero-order valence-corrected chi connectivity index (χ0v) is 12.1. The number of hydrogen-bond acceptors (Lipinski definition) is 0. The molecule has 0 N–H and O–H groups in total. The van der Waals surface area contributed by atoms with Gasteiger partial charge in [-0.15, -0.1) is 46.4 Å². The molecule has 0 aliphatic carbocycles. The first-order chi connectivity index (χ1) is 5.13. The second-order valence-corrected chi connectivity index (χ2v) is 11.2. The molecule has 6 heteroatoms. The standard InChI is InChI=1S/C5H12Cl4Si2/c6-4(7)10-2-1-3-11-5(8)9/h4-5H,1-3,10-11H2. The number of rotatable bonds is 6.